The first-order valence-corrected chi connectivity index (χ1v) is 11.1. The van der Waals surface area contributed by atoms with Crippen molar-refractivity contribution >= 4 is 11.3 Å². The third kappa shape index (κ3) is 3.97. The molecule has 2 aliphatic rings. The Labute approximate surface area is 166 Å². The molecule has 0 radical (unpaired) electrons. The van der Waals surface area contributed by atoms with E-state index in [9.17, 15) is 5.11 Å². The molecule has 0 bridgehead atoms. The molecule has 0 aliphatic carbocycles. The highest BCUT2D eigenvalue weighted by Crippen LogP contribution is 2.37. The van der Waals surface area contributed by atoms with Crippen LogP contribution in [0, 0.1) is 0 Å². The van der Waals surface area contributed by atoms with Crippen LogP contribution in [-0.4, -0.2) is 52.1 Å². The van der Waals surface area contributed by atoms with Crippen molar-refractivity contribution in [2.45, 2.75) is 57.2 Å². The van der Waals surface area contributed by atoms with Gasteiger partial charge in [0.1, 0.15) is 10.6 Å². The molecule has 0 unspecified atom stereocenters. The number of likely N-dealkylation sites (tertiary alicyclic amines) is 2. The lowest BCUT2D eigenvalue weighted by Crippen LogP contribution is -2.60. The summed E-state index contributed by atoms with van der Waals surface area (Å²) in [5.74, 6) is 0.483. The zero-order valence-electron chi connectivity index (χ0n) is 16.5. The second kappa shape index (κ2) is 8.00. The number of hydrogen-bond donors (Lipinski definition) is 1. The molecule has 1 aromatic carbocycles. The number of hydrogen-bond acceptors (Lipinski definition) is 5. The topological polar surface area (TPSA) is 39.6 Å². The Bertz CT molecular complexity index is 741. The summed E-state index contributed by atoms with van der Waals surface area (Å²) in [6, 6.07) is 10.5. The van der Waals surface area contributed by atoms with Crippen LogP contribution in [-0.2, 0) is 12.1 Å². The van der Waals surface area contributed by atoms with Crippen LogP contribution in [0.25, 0.3) is 0 Å². The molecule has 2 atom stereocenters. The maximum Gasteiger partial charge on any atom is 0.108 e. The molecule has 2 fully saturated rings. The maximum atomic E-state index is 11.7. The minimum absolute atomic E-state index is 0.153. The first-order valence-electron chi connectivity index (χ1n) is 10.2. The summed E-state index contributed by atoms with van der Waals surface area (Å²) in [4.78, 5) is 9.83. The molecule has 146 valence electrons. The van der Waals surface area contributed by atoms with E-state index in [2.05, 4.69) is 41.2 Å². The third-order valence-corrected chi connectivity index (χ3v) is 7.02. The van der Waals surface area contributed by atoms with Crippen molar-refractivity contribution in [1.82, 2.24) is 14.8 Å². The number of aliphatic hydroxyl groups is 1. The van der Waals surface area contributed by atoms with Gasteiger partial charge in [-0.05, 0) is 43.8 Å². The summed E-state index contributed by atoms with van der Waals surface area (Å²) in [5, 5.41) is 15.1. The number of rotatable bonds is 5. The summed E-state index contributed by atoms with van der Waals surface area (Å²) in [6.07, 6.45) is 3.26. The Morgan fingerprint density at radius 2 is 1.93 bits per heavy atom. The first-order chi connectivity index (χ1) is 13.1. The Morgan fingerprint density at radius 3 is 2.59 bits per heavy atom. The van der Waals surface area contributed by atoms with Crippen molar-refractivity contribution in [3.63, 3.8) is 0 Å². The van der Waals surface area contributed by atoms with Crippen LogP contribution in [0.15, 0.2) is 35.7 Å². The van der Waals surface area contributed by atoms with E-state index in [0.29, 0.717) is 5.92 Å². The zero-order chi connectivity index (χ0) is 18.9. The van der Waals surface area contributed by atoms with Gasteiger partial charge in [0.05, 0.1) is 18.3 Å². The number of aromatic nitrogens is 1. The van der Waals surface area contributed by atoms with Gasteiger partial charge in [-0.1, -0.05) is 44.2 Å². The average molecular weight is 386 g/mol. The second-order valence-electron chi connectivity index (χ2n) is 8.36. The minimum Gasteiger partial charge on any atom is -0.383 e. The lowest BCUT2D eigenvalue weighted by atomic mass is 9.79. The van der Waals surface area contributed by atoms with Crippen molar-refractivity contribution in [2.24, 2.45) is 0 Å². The van der Waals surface area contributed by atoms with Crippen molar-refractivity contribution in [2.75, 3.05) is 26.2 Å². The highest BCUT2D eigenvalue weighted by atomic mass is 32.1. The standard InChI is InChI=1S/C22H31N3OS/c1-17(2)19-16-27-21(23-19)15-24-13-10-22(26,18-8-4-3-5-9-18)20(14-24)25-11-6-7-12-25/h3-5,8-9,16-17,20,26H,6-7,10-15H2,1-2H3/t20-,22+/m1/s1. The smallest absolute Gasteiger partial charge is 0.108 e. The van der Waals surface area contributed by atoms with Crippen LogP contribution in [0.3, 0.4) is 0 Å². The van der Waals surface area contributed by atoms with Gasteiger partial charge in [0.25, 0.3) is 0 Å². The third-order valence-electron chi connectivity index (χ3n) is 6.17. The number of benzene rings is 1. The van der Waals surface area contributed by atoms with Crippen LogP contribution in [0.2, 0.25) is 0 Å². The molecule has 0 saturated carbocycles. The van der Waals surface area contributed by atoms with Gasteiger partial charge in [-0.15, -0.1) is 11.3 Å². The molecule has 4 rings (SSSR count). The summed E-state index contributed by atoms with van der Waals surface area (Å²) in [7, 11) is 0. The molecular weight excluding hydrogens is 354 g/mol. The Kier molecular flexibility index (Phi) is 5.65. The molecule has 0 spiro atoms. The fraction of sp³-hybridized carbons (Fsp3) is 0.591. The van der Waals surface area contributed by atoms with Gasteiger partial charge in [-0.3, -0.25) is 9.80 Å². The lowest BCUT2D eigenvalue weighted by molar-refractivity contribution is -0.0959. The molecule has 1 aromatic heterocycles. The van der Waals surface area contributed by atoms with E-state index in [1.165, 1.54) is 23.5 Å². The van der Waals surface area contributed by atoms with Crippen LogP contribution < -0.4 is 0 Å². The molecule has 1 N–H and O–H groups in total. The molecule has 5 heteroatoms. The fourth-order valence-electron chi connectivity index (χ4n) is 4.51. The summed E-state index contributed by atoms with van der Waals surface area (Å²) in [5.41, 5.74) is 1.51. The fourth-order valence-corrected chi connectivity index (χ4v) is 5.51. The molecule has 3 heterocycles. The maximum absolute atomic E-state index is 11.7. The van der Waals surface area contributed by atoms with Crippen LogP contribution >= 0.6 is 11.3 Å². The number of piperidine rings is 1. The van der Waals surface area contributed by atoms with Crippen LogP contribution in [0.4, 0.5) is 0 Å². The summed E-state index contributed by atoms with van der Waals surface area (Å²) < 4.78 is 0. The van der Waals surface area contributed by atoms with Crippen molar-refractivity contribution in [3.8, 4) is 0 Å². The normalized spacial score (nSPS) is 27.5. The lowest BCUT2D eigenvalue weighted by Gasteiger charge is -2.48. The molecule has 2 aromatic rings. The highest BCUT2D eigenvalue weighted by Gasteiger charge is 2.46. The molecule has 2 aliphatic heterocycles. The Morgan fingerprint density at radius 1 is 1.19 bits per heavy atom. The van der Waals surface area contributed by atoms with Gasteiger partial charge in [-0.2, -0.15) is 0 Å². The van der Waals surface area contributed by atoms with E-state index >= 15 is 0 Å². The first kappa shape index (κ1) is 19.1. The van der Waals surface area contributed by atoms with Crippen molar-refractivity contribution in [1.29, 1.82) is 0 Å². The van der Waals surface area contributed by atoms with E-state index in [1.807, 2.05) is 18.2 Å². The Hall–Kier alpha value is -1.27. The van der Waals surface area contributed by atoms with Crippen LogP contribution in [0.1, 0.15) is 55.3 Å². The number of nitrogens with zero attached hydrogens (tertiary/aromatic N) is 3. The molecule has 27 heavy (non-hydrogen) atoms. The van der Waals surface area contributed by atoms with E-state index in [-0.39, 0.29) is 6.04 Å². The van der Waals surface area contributed by atoms with Gasteiger partial charge in [-0.25, -0.2) is 4.98 Å². The summed E-state index contributed by atoms with van der Waals surface area (Å²) >= 11 is 1.77. The van der Waals surface area contributed by atoms with Gasteiger partial charge in [0.2, 0.25) is 0 Å². The summed E-state index contributed by atoms with van der Waals surface area (Å²) in [6.45, 7) is 9.30. The second-order valence-corrected chi connectivity index (χ2v) is 9.30. The predicted molar refractivity (Wildman–Crippen MR) is 111 cm³/mol. The van der Waals surface area contributed by atoms with Gasteiger partial charge in [0, 0.05) is 18.5 Å². The monoisotopic (exact) mass is 385 g/mol. The number of thiazole rings is 1. The van der Waals surface area contributed by atoms with Gasteiger partial charge in [0.15, 0.2) is 0 Å². The molecule has 2 saturated heterocycles. The van der Waals surface area contributed by atoms with E-state index in [4.69, 9.17) is 4.98 Å². The largest absolute Gasteiger partial charge is 0.383 e. The van der Waals surface area contributed by atoms with Gasteiger partial charge < -0.3 is 5.11 Å². The highest BCUT2D eigenvalue weighted by molar-refractivity contribution is 7.09. The van der Waals surface area contributed by atoms with Crippen molar-refractivity contribution < 1.29 is 5.11 Å². The minimum atomic E-state index is -0.756. The zero-order valence-corrected chi connectivity index (χ0v) is 17.3. The SMILES string of the molecule is CC(C)c1csc(CN2CC[C@](O)(c3ccccc3)[C@H](N3CCCC3)C2)n1. The average Bonchev–Trinajstić information content (AvgIpc) is 3.36. The van der Waals surface area contributed by atoms with E-state index in [0.717, 1.165) is 44.7 Å². The van der Waals surface area contributed by atoms with Gasteiger partial charge >= 0.3 is 0 Å². The van der Waals surface area contributed by atoms with E-state index in [1.54, 1.807) is 11.3 Å². The predicted octanol–water partition coefficient (Wildman–Crippen LogP) is 3.82. The Balaban J connectivity index is 1.53. The van der Waals surface area contributed by atoms with Crippen LogP contribution in [0.5, 0.6) is 0 Å². The quantitative estimate of drug-likeness (QED) is 0.849. The van der Waals surface area contributed by atoms with E-state index < -0.39 is 5.60 Å². The molecule has 4 nitrogen and oxygen atoms in total. The molecular formula is C22H31N3OS. The van der Waals surface area contributed by atoms with Crippen molar-refractivity contribution in [3.05, 3.63) is 52.0 Å². The molecule has 0 amide bonds.